The Morgan fingerprint density at radius 3 is 2.81 bits per heavy atom. The summed E-state index contributed by atoms with van der Waals surface area (Å²) < 4.78 is 0. The molecular weight excluding hydrogens is 280 g/mol. The van der Waals surface area contributed by atoms with Gasteiger partial charge in [0.15, 0.2) is 0 Å². The number of hydrogen-bond donors (Lipinski definition) is 2. The molecule has 0 bridgehead atoms. The van der Waals surface area contributed by atoms with Crippen LogP contribution in [-0.2, 0) is 23.9 Å². The Bertz CT molecular complexity index is 672. The fourth-order valence-electron chi connectivity index (χ4n) is 2.92. The third-order valence-corrected chi connectivity index (χ3v) is 5.05. The van der Waals surface area contributed by atoms with Gasteiger partial charge >= 0.3 is 0 Å². The Hall–Kier alpha value is -1.39. The van der Waals surface area contributed by atoms with Gasteiger partial charge in [-0.15, -0.1) is 11.3 Å². The van der Waals surface area contributed by atoms with Crippen molar-refractivity contribution in [3.63, 3.8) is 0 Å². The van der Waals surface area contributed by atoms with Crippen LogP contribution in [0.3, 0.4) is 0 Å². The molecule has 1 heterocycles. The van der Waals surface area contributed by atoms with Crippen molar-refractivity contribution in [2.75, 3.05) is 5.73 Å². The first-order valence-electron chi connectivity index (χ1n) is 7.34. The highest BCUT2D eigenvalue weighted by Gasteiger charge is 2.37. The molecule has 0 aliphatic heterocycles. The number of thiazole rings is 1. The molecule has 1 unspecified atom stereocenters. The number of nitrogen functional groups attached to an aromatic ring is 1. The molecule has 1 aliphatic rings. The molecule has 4 heteroatoms. The van der Waals surface area contributed by atoms with E-state index in [9.17, 15) is 5.11 Å². The minimum Gasteiger partial charge on any atom is -0.399 e. The van der Waals surface area contributed by atoms with Crippen LogP contribution in [0.2, 0.25) is 0 Å². The number of aliphatic hydroxyl groups is 1. The van der Waals surface area contributed by atoms with E-state index < -0.39 is 5.60 Å². The Morgan fingerprint density at radius 1 is 1.38 bits per heavy atom. The predicted molar refractivity (Wildman–Crippen MR) is 87.6 cm³/mol. The summed E-state index contributed by atoms with van der Waals surface area (Å²) in [6, 6.07) is 5.82. The summed E-state index contributed by atoms with van der Waals surface area (Å²) in [4.78, 5) is 4.71. The van der Waals surface area contributed by atoms with Crippen molar-refractivity contribution in [2.24, 2.45) is 0 Å². The summed E-state index contributed by atoms with van der Waals surface area (Å²) in [7, 11) is 0. The van der Waals surface area contributed by atoms with Crippen molar-refractivity contribution >= 4 is 17.0 Å². The van der Waals surface area contributed by atoms with Crippen LogP contribution in [0.5, 0.6) is 0 Å². The predicted octanol–water partition coefficient (Wildman–Crippen LogP) is 3.40. The molecule has 0 saturated heterocycles. The minimum absolute atomic E-state index is 0.0550. The number of aromatic nitrogens is 1. The molecule has 0 fully saturated rings. The van der Waals surface area contributed by atoms with E-state index in [4.69, 9.17) is 10.7 Å². The summed E-state index contributed by atoms with van der Waals surface area (Å²) in [6.07, 6.45) is 2.22. The van der Waals surface area contributed by atoms with Crippen LogP contribution >= 0.6 is 11.3 Å². The number of anilines is 1. The summed E-state index contributed by atoms with van der Waals surface area (Å²) in [6.45, 7) is 6.48. The van der Waals surface area contributed by atoms with Gasteiger partial charge in [-0.25, -0.2) is 4.98 Å². The zero-order valence-corrected chi connectivity index (χ0v) is 13.6. The van der Waals surface area contributed by atoms with Crippen LogP contribution in [0.25, 0.3) is 0 Å². The summed E-state index contributed by atoms with van der Waals surface area (Å²) in [5.74, 6) is 0. The highest BCUT2D eigenvalue weighted by atomic mass is 32.1. The maximum absolute atomic E-state index is 11.0. The van der Waals surface area contributed by atoms with Gasteiger partial charge in [-0.05, 0) is 36.1 Å². The van der Waals surface area contributed by atoms with E-state index in [2.05, 4.69) is 26.2 Å². The molecule has 21 heavy (non-hydrogen) atoms. The highest BCUT2D eigenvalue weighted by molar-refractivity contribution is 7.09. The first-order chi connectivity index (χ1) is 9.78. The van der Waals surface area contributed by atoms with Crippen molar-refractivity contribution in [1.82, 2.24) is 4.98 Å². The van der Waals surface area contributed by atoms with E-state index in [-0.39, 0.29) is 5.41 Å². The van der Waals surface area contributed by atoms with Gasteiger partial charge in [0.25, 0.3) is 0 Å². The number of hydrogen-bond acceptors (Lipinski definition) is 4. The maximum Gasteiger partial charge on any atom is 0.0965 e. The lowest BCUT2D eigenvalue weighted by Crippen LogP contribution is -2.25. The SMILES string of the molecule is CC(C)(C)c1csc(CC2(O)CCc3cc(N)ccc32)n1. The third kappa shape index (κ3) is 2.70. The van der Waals surface area contributed by atoms with Gasteiger partial charge in [-0.1, -0.05) is 26.8 Å². The zero-order chi connectivity index (χ0) is 15.3. The first-order valence-corrected chi connectivity index (χ1v) is 8.22. The normalized spacial score (nSPS) is 21.5. The van der Waals surface area contributed by atoms with Crippen LogP contribution in [-0.4, -0.2) is 10.1 Å². The average molecular weight is 302 g/mol. The number of fused-ring (bicyclic) bond motifs is 1. The molecule has 0 amide bonds. The Balaban J connectivity index is 1.88. The van der Waals surface area contributed by atoms with Gasteiger partial charge in [-0.2, -0.15) is 0 Å². The molecule has 1 aliphatic carbocycles. The second kappa shape index (κ2) is 4.82. The Morgan fingerprint density at radius 2 is 2.14 bits per heavy atom. The number of rotatable bonds is 2. The smallest absolute Gasteiger partial charge is 0.0965 e. The fraction of sp³-hybridized carbons (Fsp3) is 0.471. The number of nitrogens with two attached hydrogens (primary N) is 1. The summed E-state index contributed by atoms with van der Waals surface area (Å²) in [5.41, 5.74) is 9.14. The molecule has 0 saturated carbocycles. The molecule has 3 nitrogen and oxygen atoms in total. The summed E-state index contributed by atoms with van der Waals surface area (Å²) in [5, 5.41) is 14.1. The standard InChI is InChI=1S/C17H22N2OS/c1-16(2,3)14-10-21-15(19-14)9-17(20)7-6-11-8-12(18)4-5-13(11)17/h4-5,8,10,20H,6-7,9,18H2,1-3H3. The van der Waals surface area contributed by atoms with Gasteiger partial charge in [0.2, 0.25) is 0 Å². The highest BCUT2D eigenvalue weighted by Crippen LogP contribution is 2.40. The second-order valence-electron chi connectivity index (χ2n) is 7.00. The van der Waals surface area contributed by atoms with E-state index in [0.717, 1.165) is 34.8 Å². The lowest BCUT2D eigenvalue weighted by molar-refractivity contribution is 0.0388. The molecule has 3 rings (SSSR count). The van der Waals surface area contributed by atoms with E-state index >= 15 is 0 Å². The molecule has 3 N–H and O–H groups in total. The van der Waals surface area contributed by atoms with Crippen molar-refractivity contribution in [2.45, 2.75) is 51.0 Å². The molecule has 112 valence electrons. The Kier molecular flexibility index (Phi) is 3.34. The van der Waals surface area contributed by atoms with Crippen molar-refractivity contribution < 1.29 is 5.11 Å². The van der Waals surface area contributed by atoms with Gasteiger partial charge in [-0.3, -0.25) is 0 Å². The zero-order valence-electron chi connectivity index (χ0n) is 12.8. The van der Waals surface area contributed by atoms with E-state index in [1.807, 2.05) is 18.2 Å². The van der Waals surface area contributed by atoms with Crippen LogP contribution in [0.1, 0.15) is 49.0 Å². The average Bonchev–Trinajstić information content (AvgIpc) is 2.95. The van der Waals surface area contributed by atoms with E-state index in [1.165, 1.54) is 5.56 Å². The molecule has 1 aromatic heterocycles. The minimum atomic E-state index is -0.796. The summed E-state index contributed by atoms with van der Waals surface area (Å²) >= 11 is 1.64. The van der Waals surface area contributed by atoms with E-state index in [1.54, 1.807) is 11.3 Å². The van der Waals surface area contributed by atoms with Crippen LogP contribution in [0.15, 0.2) is 23.6 Å². The van der Waals surface area contributed by atoms with Gasteiger partial charge in [0.1, 0.15) is 0 Å². The van der Waals surface area contributed by atoms with Crippen LogP contribution < -0.4 is 5.73 Å². The number of aryl methyl sites for hydroxylation is 1. The number of benzene rings is 1. The number of nitrogens with zero attached hydrogens (tertiary/aromatic N) is 1. The second-order valence-corrected chi connectivity index (χ2v) is 7.94. The first kappa shape index (κ1) is 14.5. The topological polar surface area (TPSA) is 59.1 Å². The van der Waals surface area contributed by atoms with Gasteiger partial charge < -0.3 is 10.8 Å². The van der Waals surface area contributed by atoms with Crippen molar-refractivity contribution in [1.29, 1.82) is 0 Å². The maximum atomic E-state index is 11.0. The van der Waals surface area contributed by atoms with Gasteiger partial charge in [0.05, 0.1) is 16.3 Å². The molecule has 1 atom stereocenters. The lowest BCUT2D eigenvalue weighted by atomic mass is 9.91. The largest absolute Gasteiger partial charge is 0.399 e. The monoisotopic (exact) mass is 302 g/mol. The Labute approximate surface area is 129 Å². The van der Waals surface area contributed by atoms with Crippen molar-refractivity contribution in [3.8, 4) is 0 Å². The molecule has 0 radical (unpaired) electrons. The fourth-order valence-corrected chi connectivity index (χ4v) is 4.05. The van der Waals surface area contributed by atoms with Crippen LogP contribution in [0, 0.1) is 0 Å². The van der Waals surface area contributed by atoms with Crippen LogP contribution in [0.4, 0.5) is 5.69 Å². The lowest BCUT2D eigenvalue weighted by Gasteiger charge is -2.23. The van der Waals surface area contributed by atoms with Gasteiger partial charge in [0, 0.05) is 22.9 Å². The quantitative estimate of drug-likeness (QED) is 0.836. The molecule has 1 aromatic carbocycles. The molecule has 0 spiro atoms. The van der Waals surface area contributed by atoms with Crippen molar-refractivity contribution in [3.05, 3.63) is 45.4 Å². The third-order valence-electron chi connectivity index (χ3n) is 4.20. The molecule has 2 aromatic rings. The van der Waals surface area contributed by atoms with E-state index in [0.29, 0.717) is 6.42 Å². The molecular formula is C17H22N2OS.